The normalized spacial score (nSPS) is 8.29. The van der Waals surface area contributed by atoms with Crippen LogP contribution in [0.1, 0.15) is 6.92 Å². The van der Waals surface area contributed by atoms with Crippen LogP contribution in [0.3, 0.4) is 0 Å². The lowest BCUT2D eigenvalue weighted by Gasteiger charge is -2.04. The second kappa shape index (κ2) is 3.29. The Kier molecular flexibility index (Phi) is 3.41. The van der Waals surface area contributed by atoms with E-state index in [-0.39, 0.29) is 6.39 Å². The highest BCUT2D eigenvalue weighted by Gasteiger charge is 2.07. The molecule has 0 aromatic rings. The molecule has 0 saturated heterocycles. The lowest BCUT2D eigenvalue weighted by molar-refractivity contribution is 1.44. The van der Waals surface area contributed by atoms with Gasteiger partial charge in [-0.2, -0.15) is 0 Å². The van der Waals surface area contributed by atoms with Gasteiger partial charge in [-0.3, -0.25) is 0 Å². The summed E-state index contributed by atoms with van der Waals surface area (Å²) in [6.07, 6.45) is 0.933. The molecule has 0 atom stereocenters. The Morgan fingerprint density at radius 1 is 1.43 bits per heavy atom. The van der Waals surface area contributed by atoms with Crippen molar-refractivity contribution in [1.82, 2.24) is 0 Å². The van der Waals surface area contributed by atoms with Crippen LogP contribution in [-0.2, 0) is 0 Å². The molecular weight excluding hydrogens is 79.3 g/mol. The van der Waals surface area contributed by atoms with Gasteiger partial charge in [-0.1, -0.05) is 20.1 Å². The molecule has 4 heteroatoms. The molecule has 0 nitrogen and oxygen atoms in total. The molecular formula is C3H8B4. The topological polar surface area (TPSA) is 0 Å². The molecule has 0 aliphatic rings. The van der Waals surface area contributed by atoms with Gasteiger partial charge in [0.05, 0.1) is 6.60 Å². The average Bonchev–Trinajstić information content (AvgIpc) is 1.65. The quantitative estimate of drug-likeness (QED) is 0.417. The zero-order valence-electron chi connectivity index (χ0n) is 5.02. The predicted octanol–water partition coefficient (Wildman–Crippen LogP) is 0.0345. The maximum atomic E-state index is 5.32. The van der Waals surface area contributed by atoms with Gasteiger partial charge < -0.3 is 0 Å². The number of hydrogen-bond acceptors (Lipinski definition) is 0. The van der Waals surface area contributed by atoms with Crippen LogP contribution in [0.25, 0.3) is 0 Å². The SMILES string of the molecule is [B]B([B])B(C)CC. The van der Waals surface area contributed by atoms with Gasteiger partial charge in [0.2, 0.25) is 0 Å². The van der Waals surface area contributed by atoms with E-state index < -0.39 is 0 Å². The highest BCUT2D eigenvalue weighted by molar-refractivity contribution is 7.57. The summed E-state index contributed by atoms with van der Waals surface area (Å²) in [7, 11) is 10.6. The fourth-order valence-corrected chi connectivity index (χ4v) is 0.272. The van der Waals surface area contributed by atoms with E-state index >= 15 is 0 Å². The molecule has 32 valence electrons. The Hall–Kier alpha value is 0.260. The monoisotopic (exact) mass is 88.1 g/mol. The fraction of sp³-hybridized carbons (Fsp3) is 1.00. The summed E-state index contributed by atoms with van der Waals surface area (Å²) < 4.78 is 0. The first kappa shape index (κ1) is 7.26. The molecule has 0 saturated carbocycles. The molecule has 0 spiro atoms. The molecule has 0 N–H and O–H groups in total. The van der Waals surface area contributed by atoms with Gasteiger partial charge in [-0.15, -0.1) is 0 Å². The first-order chi connectivity index (χ1) is 3.18. The smallest absolute Gasteiger partial charge is 0.0866 e. The third-order valence-electron chi connectivity index (χ3n) is 1.30. The zero-order chi connectivity index (χ0) is 5.86. The second-order valence-corrected chi connectivity index (χ2v) is 1.96. The summed E-state index contributed by atoms with van der Waals surface area (Å²) in [5, 5.41) is 0. The highest BCUT2D eigenvalue weighted by atomic mass is 13.4. The van der Waals surface area contributed by atoms with Crippen LogP contribution in [-0.4, -0.2) is 28.5 Å². The van der Waals surface area contributed by atoms with Gasteiger partial charge in [0.25, 0.3) is 0 Å². The molecule has 0 unspecified atom stereocenters. The summed E-state index contributed by atoms with van der Waals surface area (Å²) >= 11 is 0. The van der Waals surface area contributed by atoms with Crippen LogP contribution >= 0.6 is 0 Å². The number of hydrogen-bond donors (Lipinski definition) is 0. The van der Waals surface area contributed by atoms with E-state index in [0.717, 1.165) is 6.32 Å². The van der Waals surface area contributed by atoms with Crippen molar-refractivity contribution in [3.8, 4) is 0 Å². The van der Waals surface area contributed by atoms with E-state index in [9.17, 15) is 0 Å². The molecule has 7 heavy (non-hydrogen) atoms. The molecule has 0 bridgehead atoms. The molecule has 0 aromatic carbocycles. The van der Waals surface area contributed by atoms with Gasteiger partial charge in [0.15, 0.2) is 0 Å². The Morgan fingerprint density at radius 3 is 1.86 bits per heavy atom. The third kappa shape index (κ3) is 2.90. The van der Waals surface area contributed by atoms with Crippen LogP contribution in [0.2, 0.25) is 13.1 Å². The molecule has 0 rings (SSSR count). The van der Waals surface area contributed by atoms with Crippen LogP contribution in [0, 0.1) is 0 Å². The van der Waals surface area contributed by atoms with E-state index in [1.807, 2.05) is 6.82 Å². The Bertz CT molecular complexity index is 44.2. The summed E-state index contributed by atoms with van der Waals surface area (Å²) in [6.45, 7) is 4.59. The maximum absolute atomic E-state index is 5.32. The first-order valence-corrected chi connectivity index (χ1v) is 2.69. The lowest BCUT2D eigenvalue weighted by Crippen LogP contribution is -2.33. The standard InChI is InChI=1S/C3H8B4/c1-3-6(2)7(4)5/h3H2,1-2H3. The summed E-state index contributed by atoms with van der Waals surface area (Å²) in [5.74, 6) is 0. The van der Waals surface area contributed by atoms with Gasteiger partial charge in [-0.05, 0) is 0 Å². The summed E-state index contributed by atoms with van der Waals surface area (Å²) in [5.41, 5.74) is 0. The largest absolute Gasteiger partial charge is 0.0935 e. The van der Waals surface area contributed by atoms with E-state index in [4.69, 9.17) is 15.5 Å². The first-order valence-electron chi connectivity index (χ1n) is 2.69. The molecule has 0 aliphatic heterocycles. The highest BCUT2D eigenvalue weighted by Crippen LogP contribution is 1.88. The van der Waals surface area contributed by atoms with Crippen LogP contribution < -0.4 is 0 Å². The minimum Gasteiger partial charge on any atom is -0.0935 e. The second-order valence-electron chi connectivity index (χ2n) is 1.96. The van der Waals surface area contributed by atoms with Crippen molar-refractivity contribution in [3.63, 3.8) is 0 Å². The maximum Gasteiger partial charge on any atom is 0.0866 e. The Balaban J connectivity index is 3.14. The predicted molar refractivity (Wildman–Crippen MR) is 39.4 cm³/mol. The van der Waals surface area contributed by atoms with E-state index in [1.54, 1.807) is 0 Å². The summed E-state index contributed by atoms with van der Waals surface area (Å²) in [4.78, 5) is 0. The van der Waals surface area contributed by atoms with Crippen LogP contribution in [0.5, 0.6) is 0 Å². The van der Waals surface area contributed by atoms with Gasteiger partial charge in [0.1, 0.15) is 0 Å². The van der Waals surface area contributed by atoms with E-state index in [2.05, 4.69) is 6.92 Å². The lowest BCUT2D eigenvalue weighted by atomic mass is 8.92. The van der Waals surface area contributed by atoms with Crippen molar-refractivity contribution in [1.29, 1.82) is 0 Å². The average molecular weight is 87.3 g/mol. The Labute approximate surface area is 49.4 Å². The van der Waals surface area contributed by atoms with Crippen molar-refractivity contribution >= 4 is 28.5 Å². The molecule has 0 fully saturated rings. The van der Waals surface area contributed by atoms with Gasteiger partial charge in [-0.25, -0.2) is 0 Å². The molecule has 0 aromatic heterocycles. The number of rotatable bonds is 2. The Morgan fingerprint density at radius 2 is 1.86 bits per heavy atom. The van der Waals surface area contributed by atoms with Crippen LogP contribution in [0.4, 0.5) is 0 Å². The molecule has 0 heterocycles. The minimum absolute atomic E-state index is 0.134. The van der Waals surface area contributed by atoms with E-state index in [0.29, 0.717) is 6.60 Å². The van der Waals surface area contributed by atoms with Crippen LogP contribution in [0.15, 0.2) is 0 Å². The zero-order valence-corrected chi connectivity index (χ0v) is 5.02. The minimum atomic E-state index is -0.134. The van der Waals surface area contributed by atoms with Crippen molar-refractivity contribution in [3.05, 3.63) is 0 Å². The van der Waals surface area contributed by atoms with Crippen molar-refractivity contribution in [2.24, 2.45) is 0 Å². The van der Waals surface area contributed by atoms with E-state index in [1.165, 1.54) is 0 Å². The van der Waals surface area contributed by atoms with Gasteiger partial charge in [0, 0.05) is 21.9 Å². The summed E-state index contributed by atoms with van der Waals surface area (Å²) in [6, 6.07) is 0. The van der Waals surface area contributed by atoms with Gasteiger partial charge >= 0.3 is 0 Å². The van der Waals surface area contributed by atoms with Crippen molar-refractivity contribution in [2.75, 3.05) is 0 Å². The molecule has 0 amide bonds. The third-order valence-corrected chi connectivity index (χ3v) is 1.30. The molecule has 0 aliphatic carbocycles. The van der Waals surface area contributed by atoms with Crippen molar-refractivity contribution < 1.29 is 0 Å². The fourth-order valence-electron chi connectivity index (χ4n) is 0.272. The molecule has 4 radical (unpaired) electrons. The van der Waals surface area contributed by atoms with Crippen molar-refractivity contribution in [2.45, 2.75) is 20.1 Å².